The largest absolute Gasteiger partial charge is 0.507 e. The molecule has 4 rings (SSSR count). The topological polar surface area (TPSA) is 95.1 Å². The van der Waals surface area contributed by atoms with E-state index in [1.165, 1.54) is 18.3 Å². The number of hydrogen-bond donors (Lipinski definition) is 3. The predicted octanol–water partition coefficient (Wildman–Crippen LogP) is 4.52. The van der Waals surface area contributed by atoms with E-state index < -0.39 is 5.91 Å². The highest BCUT2D eigenvalue weighted by molar-refractivity contribution is 9.10. The van der Waals surface area contributed by atoms with Crippen LogP contribution >= 0.6 is 15.9 Å². The summed E-state index contributed by atoms with van der Waals surface area (Å²) < 4.78 is 6.02. The summed E-state index contributed by atoms with van der Waals surface area (Å²) in [5.74, 6) is -0.634. The van der Waals surface area contributed by atoms with Gasteiger partial charge in [0.15, 0.2) is 5.76 Å². The average molecular weight is 425 g/mol. The summed E-state index contributed by atoms with van der Waals surface area (Å²) in [6.07, 6.45) is 1.27. The van der Waals surface area contributed by atoms with Gasteiger partial charge in [0.25, 0.3) is 0 Å². The van der Waals surface area contributed by atoms with Gasteiger partial charge in [-0.25, -0.2) is 5.43 Å². The van der Waals surface area contributed by atoms with E-state index in [4.69, 9.17) is 4.42 Å². The molecular formula is C20H13BrN2O4. The number of phenols is 2. The minimum atomic E-state index is -0.510. The van der Waals surface area contributed by atoms with E-state index in [-0.39, 0.29) is 17.3 Å². The van der Waals surface area contributed by atoms with Crippen LogP contribution in [-0.2, 0) is 0 Å². The first-order chi connectivity index (χ1) is 13.0. The normalized spacial score (nSPS) is 11.4. The van der Waals surface area contributed by atoms with Crippen LogP contribution in [0.1, 0.15) is 16.1 Å². The van der Waals surface area contributed by atoms with Crippen LogP contribution in [0.4, 0.5) is 0 Å². The molecule has 0 saturated heterocycles. The van der Waals surface area contributed by atoms with Crippen LogP contribution < -0.4 is 5.43 Å². The lowest BCUT2D eigenvalue weighted by molar-refractivity contribution is 0.0929. The van der Waals surface area contributed by atoms with Crippen molar-refractivity contribution in [1.29, 1.82) is 0 Å². The van der Waals surface area contributed by atoms with Crippen LogP contribution in [0.15, 0.2) is 68.6 Å². The highest BCUT2D eigenvalue weighted by Crippen LogP contribution is 2.30. The molecule has 27 heavy (non-hydrogen) atoms. The maximum Gasteiger partial charge on any atom is 0.307 e. The summed E-state index contributed by atoms with van der Waals surface area (Å²) in [5, 5.41) is 26.0. The standard InChI is InChI=1S/C20H13BrN2O4/c21-15-7-12(16(24)9-17(15)25)10-22-23-20(26)19-8-14-13-4-2-1-3-11(13)5-6-18(14)27-19/h1-10,24-25H,(H,23,26)/b22-10+. The molecule has 0 aliphatic rings. The first kappa shape index (κ1) is 17.1. The zero-order valence-corrected chi connectivity index (χ0v) is 15.4. The molecule has 1 amide bonds. The molecular weight excluding hydrogens is 412 g/mol. The molecule has 0 aliphatic heterocycles. The SMILES string of the molecule is O=C(N/N=C/c1cc(Br)c(O)cc1O)c1cc2c(ccc3ccccc32)o1. The fraction of sp³-hybridized carbons (Fsp3) is 0. The third-order valence-electron chi connectivity index (χ3n) is 4.12. The molecule has 0 atom stereocenters. The van der Waals surface area contributed by atoms with Gasteiger partial charge in [-0.2, -0.15) is 5.10 Å². The lowest BCUT2D eigenvalue weighted by Gasteiger charge is -2.02. The fourth-order valence-electron chi connectivity index (χ4n) is 2.79. The van der Waals surface area contributed by atoms with E-state index in [1.807, 2.05) is 36.4 Å². The molecule has 7 heteroatoms. The summed E-state index contributed by atoms with van der Waals surface area (Å²) in [7, 11) is 0. The van der Waals surface area contributed by atoms with Crippen LogP contribution in [0.2, 0.25) is 0 Å². The van der Waals surface area contributed by atoms with Gasteiger partial charge in [-0.05, 0) is 44.9 Å². The Bertz CT molecular complexity index is 1210. The monoisotopic (exact) mass is 424 g/mol. The Morgan fingerprint density at radius 1 is 1.04 bits per heavy atom. The Labute approximate surface area is 161 Å². The number of amides is 1. The van der Waals surface area contributed by atoms with Gasteiger partial charge in [-0.15, -0.1) is 0 Å². The second-order valence-corrected chi connectivity index (χ2v) is 6.73. The Morgan fingerprint density at radius 2 is 1.85 bits per heavy atom. The summed E-state index contributed by atoms with van der Waals surface area (Å²) in [5.41, 5.74) is 3.31. The number of hydrazone groups is 1. The van der Waals surface area contributed by atoms with Gasteiger partial charge in [0.1, 0.15) is 17.1 Å². The van der Waals surface area contributed by atoms with Crippen molar-refractivity contribution in [3.05, 3.63) is 70.4 Å². The van der Waals surface area contributed by atoms with E-state index in [0.717, 1.165) is 16.2 Å². The number of nitrogens with zero attached hydrogens (tertiary/aromatic N) is 1. The van der Waals surface area contributed by atoms with Gasteiger partial charge in [0, 0.05) is 17.0 Å². The van der Waals surface area contributed by atoms with Crippen molar-refractivity contribution in [2.24, 2.45) is 5.10 Å². The zero-order chi connectivity index (χ0) is 19.0. The number of hydrogen-bond acceptors (Lipinski definition) is 5. The van der Waals surface area contributed by atoms with Crippen LogP contribution in [0.25, 0.3) is 21.7 Å². The second kappa shape index (κ2) is 6.77. The Hall–Kier alpha value is -3.32. The van der Waals surface area contributed by atoms with Crippen molar-refractivity contribution in [3.63, 3.8) is 0 Å². The summed E-state index contributed by atoms with van der Waals surface area (Å²) >= 11 is 3.15. The second-order valence-electron chi connectivity index (χ2n) is 5.87. The zero-order valence-electron chi connectivity index (χ0n) is 13.8. The van der Waals surface area contributed by atoms with Crippen LogP contribution in [0.5, 0.6) is 11.5 Å². The Kier molecular flexibility index (Phi) is 4.29. The van der Waals surface area contributed by atoms with E-state index in [0.29, 0.717) is 15.6 Å². The third-order valence-corrected chi connectivity index (χ3v) is 4.75. The molecule has 1 heterocycles. The number of aromatic hydroxyl groups is 2. The summed E-state index contributed by atoms with van der Waals surface area (Å²) in [6, 6.07) is 15.9. The molecule has 0 spiro atoms. The Morgan fingerprint density at radius 3 is 2.70 bits per heavy atom. The minimum absolute atomic E-state index is 0.0943. The molecule has 6 nitrogen and oxygen atoms in total. The quantitative estimate of drug-likeness (QED) is 0.332. The fourth-order valence-corrected chi connectivity index (χ4v) is 3.15. The number of phenolic OH excluding ortho intramolecular Hbond substituents is 2. The number of rotatable bonds is 3. The molecule has 0 unspecified atom stereocenters. The molecule has 1 aromatic heterocycles. The van der Waals surface area contributed by atoms with Crippen molar-refractivity contribution in [2.75, 3.05) is 0 Å². The maximum absolute atomic E-state index is 12.3. The van der Waals surface area contributed by atoms with E-state index in [9.17, 15) is 15.0 Å². The lowest BCUT2D eigenvalue weighted by Crippen LogP contribution is -2.16. The number of nitrogens with one attached hydrogen (secondary N) is 1. The number of carbonyl (C=O) groups excluding carboxylic acids is 1. The molecule has 0 bridgehead atoms. The number of benzene rings is 3. The Balaban J connectivity index is 1.58. The number of carbonyl (C=O) groups is 1. The van der Waals surface area contributed by atoms with Crippen molar-refractivity contribution < 1.29 is 19.4 Å². The van der Waals surface area contributed by atoms with Gasteiger partial charge in [0.05, 0.1) is 10.7 Å². The minimum Gasteiger partial charge on any atom is -0.507 e. The molecule has 0 fully saturated rings. The van der Waals surface area contributed by atoms with Gasteiger partial charge in [-0.1, -0.05) is 30.3 Å². The van der Waals surface area contributed by atoms with Gasteiger partial charge in [0.2, 0.25) is 0 Å². The number of fused-ring (bicyclic) bond motifs is 3. The van der Waals surface area contributed by atoms with Gasteiger partial charge < -0.3 is 14.6 Å². The summed E-state index contributed by atoms with van der Waals surface area (Å²) in [4.78, 5) is 12.3. The van der Waals surface area contributed by atoms with E-state index >= 15 is 0 Å². The molecule has 4 aromatic rings. The van der Waals surface area contributed by atoms with E-state index in [2.05, 4.69) is 26.5 Å². The molecule has 134 valence electrons. The van der Waals surface area contributed by atoms with Crippen molar-refractivity contribution in [2.45, 2.75) is 0 Å². The van der Waals surface area contributed by atoms with Crippen LogP contribution in [0, 0.1) is 0 Å². The summed E-state index contributed by atoms with van der Waals surface area (Å²) in [6.45, 7) is 0. The van der Waals surface area contributed by atoms with Crippen LogP contribution in [-0.4, -0.2) is 22.3 Å². The van der Waals surface area contributed by atoms with Crippen molar-refractivity contribution in [3.8, 4) is 11.5 Å². The maximum atomic E-state index is 12.3. The smallest absolute Gasteiger partial charge is 0.307 e. The van der Waals surface area contributed by atoms with Crippen molar-refractivity contribution in [1.82, 2.24) is 5.43 Å². The molecule has 0 radical (unpaired) electrons. The molecule has 0 aliphatic carbocycles. The van der Waals surface area contributed by atoms with Gasteiger partial charge in [-0.3, -0.25) is 4.79 Å². The highest BCUT2D eigenvalue weighted by atomic mass is 79.9. The molecule has 3 N–H and O–H groups in total. The van der Waals surface area contributed by atoms with E-state index in [1.54, 1.807) is 6.07 Å². The predicted molar refractivity (Wildman–Crippen MR) is 106 cm³/mol. The lowest BCUT2D eigenvalue weighted by atomic mass is 10.1. The first-order valence-electron chi connectivity index (χ1n) is 7.99. The molecule has 0 saturated carbocycles. The third kappa shape index (κ3) is 3.24. The van der Waals surface area contributed by atoms with Crippen molar-refractivity contribution >= 4 is 49.8 Å². The number of halogens is 1. The van der Waals surface area contributed by atoms with Gasteiger partial charge >= 0.3 is 5.91 Å². The highest BCUT2D eigenvalue weighted by Gasteiger charge is 2.13. The number of furan rings is 1. The molecule has 3 aromatic carbocycles. The van der Waals surface area contributed by atoms with Crippen LogP contribution in [0.3, 0.4) is 0 Å². The first-order valence-corrected chi connectivity index (χ1v) is 8.78. The average Bonchev–Trinajstić information content (AvgIpc) is 3.10.